The molecule has 9 heteroatoms. The zero-order chi connectivity index (χ0) is 13.0. The van der Waals surface area contributed by atoms with Crippen molar-refractivity contribution in [2.24, 2.45) is 5.73 Å². The largest absolute Gasteiger partial charge is 0.326 e. The molecule has 0 aromatic heterocycles. The topological polar surface area (TPSA) is 119 Å². The normalized spacial score (nSPS) is 15.2. The van der Waals surface area contributed by atoms with Gasteiger partial charge in [-0.15, -0.1) is 13.2 Å². The van der Waals surface area contributed by atoms with Crippen molar-refractivity contribution in [3.63, 3.8) is 0 Å². The minimum Gasteiger partial charge on any atom is -0.326 e. The Kier molecular flexibility index (Phi) is 14.5. The van der Waals surface area contributed by atoms with Crippen LogP contribution >= 0.6 is 16.5 Å². The van der Waals surface area contributed by atoms with E-state index in [-0.39, 0.29) is 0 Å². The predicted molar refractivity (Wildman–Crippen MR) is 62.2 cm³/mol. The van der Waals surface area contributed by atoms with E-state index in [1.807, 2.05) is 12.2 Å². The Labute approximate surface area is 95.5 Å². The first-order chi connectivity index (χ1) is 7.43. The molecule has 16 heavy (non-hydrogen) atoms. The highest BCUT2D eigenvalue weighted by molar-refractivity contribution is 7.32. The van der Waals surface area contributed by atoms with Gasteiger partial charge in [0.2, 0.25) is 6.41 Å². The van der Waals surface area contributed by atoms with Crippen LogP contribution in [-0.2, 0) is 18.2 Å². The molecule has 0 aliphatic carbocycles. The van der Waals surface area contributed by atoms with Crippen molar-refractivity contribution in [1.29, 1.82) is 0 Å². The van der Waals surface area contributed by atoms with Crippen LogP contribution in [0.25, 0.3) is 0 Å². The Hall–Kier alpha value is -0.260. The van der Waals surface area contributed by atoms with Gasteiger partial charge in [0.25, 0.3) is 0 Å². The average Bonchev–Trinajstić information content (AvgIpc) is 2.12. The van der Waals surface area contributed by atoms with Crippen LogP contribution in [0.1, 0.15) is 12.8 Å². The van der Waals surface area contributed by atoms with Crippen molar-refractivity contribution in [3.05, 3.63) is 25.3 Å². The summed E-state index contributed by atoms with van der Waals surface area (Å²) in [5.74, 6) is 0. The van der Waals surface area contributed by atoms with E-state index in [1.54, 1.807) is 0 Å². The van der Waals surface area contributed by atoms with E-state index in [0.29, 0.717) is 0 Å². The summed E-state index contributed by atoms with van der Waals surface area (Å²) in [6.07, 6.45) is 4.28. The molecule has 2 unspecified atom stereocenters. The molecule has 0 fully saturated rings. The molecular weight excluding hydrogens is 256 g/mol. The fourth-order valence-corrected chi connectivity index (χ4v) is 1.05. The van der Waals surface area contributed by atoms with E-state index in [2.05, 4.69) is 22.2 Å². The Bertz CT molecular complexity index is 223. The maximum Gasteiger partial charge on any atom is 0.319 e. The van der Waals surface area contributed by atoms with Gasteiger partial charge in [-0.05, 0) is 12.8 Å². The maximum absolute atomic E-state index is 9.82. The summed E-state index contributed by atoms with van der Waals surface area (Å²) in [4.78, 5) is 16.1. The molecule has 0 aliphatic rings. The van der Waals surface area contributed by atoms with Gasteiger partial charge in [0.05, 0.1) is 0 Å². The fourth-order valence-electron chi connectivity index (χ4n) is 0.458. The second-order valence-electron chi connectivity index (χ2n) is 2.29. The molecule has 0 bridgehead atoms. The Morgan fingerprint density at radius 1 is 1.12 bits per heavy atom. The smallest absolute Gasteiger partial charge is 0.319 e. The van der Waals surface area contributed by atoms with E-state index in [4.69, 9.17) is 15.5 Å². The zero-order valence-electron chi connectivity index (χ0n) is 8.67. The molecule has 0 aliphatic heterocycles. The molecule has 0 aromatic carbocycles. The fraction of sp³-hybridized carbons (Fsp3) is 0.429. The summed E-state index contributed by atoms with van der Waals surface area (Å²) in [5, 5.41) is 0. The Balaban J connectivity index is 0. The van der Waals surface area contributed by atoms with Crippen LogP contribution in [0.5, 0.6) is 0 Å². The summed E-state index contributed by atoms with van der Waals surface area (Å²) < 4.78 is 27.4. The number of unbranched alkanes of at least 4 members (excludes halogenated alkanes) is 1. The van der Waals surface area contributed by atoms with E-state index in [0.717, 1.165) is 12.8 Å². The van der Waals surface area contributed by atoms with Crippen molar-refractivity contribution in [1.82, 2.24) is 0 Å². The standard InChI is InChI=1S/C6H10.CH7NO6P2/c1-3-5-6-4-2;2-1(7-9(3)4)8-10(5)6/h3-4H,1-2,5-6H2;1,9-10H,2H2,(H,3,4)(H,5,6). The molecule has 0 amide bonds. The van der Waals surface area contributed by atoms with Crippen LogP contribution in [0, 0.1) is 0 Å². The van der Waals surface area contributed by atoms with Gasteiger partial charge in [0, 0.05) is 0 Å². The molecule has 2 atom stereocenters. The third-order valence-electron chi connectivity index (χ3n) is 1.01. The Morgan fingerprint density at radius 3 is 1.62 bits per heavy atom. The zero-order valence-corrected chi connectivity index (χ0v) is 10.7. The highest BCUT2D eigenvalue weighted by atomic mass is 31.1. The monoisotopic (exact) mass is 273 g/mol. The lowest BCUT2D eigenvalue weighted by molar-refractivity contribution is 0.00838. The molecule has 0 spiro atoms. The number of allylic oxidation sites excluding steroid dienone is 2. The maximum atomic E-state index is 9.82. The Morgan fingerprint density at radius 2 is 1.44 bits per heavy atom. The number of nitrogens with two attached hydrogens (primary N) is 1. The summed E-state index contributed by atoms with van der Waals surface area (Å²) in [7, 11) is -6.43. The van der Waals surface area contributed by atoms with Crippen LogP contribution in [0.4, 0.5) is 0 Å². The minimum absolute atomic E-state index is 1.06. The second kappa shape index (κ2) is 12.8. The predicted octanol–water partition coefficient (Wildman–Crippen LogP) is 1.16. The lowest BCUT2D eigenvalue weighted by Crippen LogP contribution is -2.21. The second-order valence-corrected chi connectivity index (χ2v) is 3.83. The summed E-state index contributed by atoms with van der Waals surface area (Å²) in [6, 6.07) is 0. The molecule has 7 nitrogen and oxygen atoms in total. The van der Waals surface area contributed by atoms with Gasteiger partial charge in [-0.3, -0.25) is 23.9 Å². The van der Waals surface area contributed by atoms with Gasteiger partial charge < -0.3 is 9.79 Å². The molecule has 0 heterocycles. The van der Waals surface area contributed by atoms with E-state index in [9.17, 15) is 9.13 Å². The first-order valence-corrected chi connectivity index (χ1v) is 6.73. The number of hydrogen-bond acceptors (Lipinski definition) is 5. The van der Waals surface area contributed by atoms with Gasteiger partial charge in [0.15, 0.2) is 0 Å². The minimum atomic E-state index is -3.21. The molecule has 4 N–H and O–H groups in total. The van der Waals surface area contributed by atoms with Crippen molar-refractivity contribution >= 4 is 16.5 Å². The van der Waals surface area contributed by atoms with Crippen molar-refractivity contribution < 1.29 is 28.0 Å². The van der Waals surface area contributed by atoms with E-state index < -0.39 is 22.9 Å². The first kappa shape index (κ1) is 18.1. The van der Waals surface area contributed by atoms with Crippen molar-refractivity contribution in [2.75, 3.05) is 0 Å². The molecule has 96 valence electrons. The first-order valence-electron chi connectivity index (χ1n) is 4.20. The van der Waals surface area contributed by atoms with E-state index in [1.165, 1.54) is 0 Å². The third-order valence-corrected chi connectivity index (χ3v) is 1.88. The van der Waals surface area contributed by atoms with Crippen LogP contribution in [-0.4, -0.2) is 16.2 Å². The van der Waals surface area contributed by atoms with Gasteiger partial charge in [-0.25, -0.2) is 0 Å². The van der Waals surface area contributed by atoms with Gasteiger partial charge in [-0.1, -0.05) is 12.2 Å². The molecule has 0 saturated carbocycles. The summed E-state index contributed by atoms with van der Waals surface area (Å²) in [6.45, 7) is 7.10. The van der Waals surface area contributed by atoms with Crippen molar-refractivity contribution in [2.45, 2.75) is 19.3 Å². The van der Waals surface area contributed by atoms with Crippen LogP contribution in [0.15, 0.2) is 25.3 Å². The van der Waals surface area contributed by atoms with Crippen LogP contribution in [0.3, 0.4) is 0 Å². The summed E-state index contributed by atoms with van der Waals surface area (Å²) in [5.41, 5.74) is 4.76. The average molecular weight is 273 g/mol. The molecule has 0 rings (SSSR count). The molecule has 0 aromatic rings. The number of hydrogen-bond donors (Lipinski definition) is 3. The van der Waals surface area contributed by atoms with Crippen molar-refractivity contribution in [3.8, 4) is 0 Å². The van der Waals surface area contributed by atoms with E-state index >= 15 is 0 Å². The van der Waals surface area contributed by atoms with Gasteiger partial charge in [-0.2, -0.15) is 0 Å². The quantitative estimate of drug-likeness (QED) is 0.275. The third kappa shape index (κ3) is 19.3. The highest BCUT2D eigenvalue weighted by Crippen LogP contribution is 2.22. The molecule has 0 saturated heterocycles. The molecular formula is C7H17NO6P2. The SMILES string of the molecule is C=CCCC=C.NC(O[PH](=O)O)O[PH](=O)O. The van der Waals surface area contributed by atoms with Gasteiger partial charge >= 0.3 is 16.5 Å². The van der Waals surface area contributed by atoms with Gasteiger partial charge in [0.1, 0.15) is 0 Å². The van der Waals surface area contributed by atoms with Crippen LogP contribution in [0.2, 0.25) is 0 Å². The summed E-state index contributed by atoms with van der Waals surface area (Å²) >= 11 is 0. The number of rotatable bonds is 7. The lowest BCUT2D eigenvalue weighted by atomic mass is 10.3. The lowest BCUT2D eigenvalue weighted by Gasteiger charge is -2.07. The van der Waals surface area contributed by atoms with Crippen LogP contribution < -0.4 is 5.73 Å². The highest BCUT2D eigenvalue weighted by Gasteiger charge is 2.07. The molecule has 0 radical (unpaired) electrons.